The molecule has 1 spiro atoms. The van der Waals surface area contributed by atoms with Gasteiger partial charge in [-0.05, 0) is 47.2 Å². The van der Waals surface area contributed by atoms with Gasteiger partial charge in [-0.25, -0.2) is 9.59 Å². The molecule has 0 bridgehead atoms. The zero-order valence-corrected chi connectivity index (χ0v) is 21.6. The number of amides is 2. The number of hydrogen-bond acceptors (Lipinski definition) is 5. The first-order valence-corrected chi connectivity index (χ1v) is 13.8. The van der Waals surface area contributed by atoms with E-state index in [1.807, 2.05) is 30.3 Å². The minimum absolute atomic E-state index is 0.0109. The molecule has 194 valence electrons. The molecule has 2 aliphatic heterocycles. The smallest absolute Gasteiger partial charge is 0.409 e. The van der Waals surface area contributed by atoms with E-state index in [0.29, 0.717) is 37.2 Å². The highest BCUT2D eigenvalue weighted by molar-refractivity contribution is 8.01. The van der Waals surface area contributed by atoms with Gasteiger partial charge in [-0.1, -0.05) is 66.7 Å². The summed E-state index contributed by atoms with van der Waals surface area (Å²) in [6.45, 7) is 1.05. The number of benzene rings is 3. The van der Waals surface area contributed by atoms with Crippen molar-refractivity contribution in [2.75, 3.05) is 25.4 Å². The molecule has 2 fully saturated rings. The quantitative estimate of drug-likeness (QED) is 0.509. The molecule has 1 atom stereocenters. The standard InChI is InChI=1S/C30H28N2O5S/c33-27(20-8-2-1-3-9-20)32-26(28(34)35)19-38-30(32)14-16-31(17-15-30)29(36)37-18-25-23-12-6-4-10-21(23)22-11-5-7-13-24(22)25/h1-13,25-26H,14-19H2,(H,34,35)/t26-/m0/s1. The Morgan fingerprint density at radius 3 is 2.05 bits per heavy atom. The molecular weight excluding hydrogens is 500 g/mol. The van der Waals surface area contributed by atoms with E-state index in [1.54, 1.807) is 34.1 Å². The highest BCUT2D eigenvalue weighted by atomic mass is 32.2. The Kier molecular flexibility index (Phi) is 6.35. The highest BCUT2D eigenvalue weighted by Crippen LogP contribution is 2.48. The van der Waals surface area contributed by atoms with E-state index in [0.717, 1.165) is 11.1 Å². The maximum Gasteiger partial charge on any atom is 0.409 e. The number of carbonyl (C=O) groups is 3. The second-order valence-corrected chi connectivity index (χ2v) is 11.3. The third kappa shape index (κ3) is 4.13. The predicted octanol–water partition coefficient (Wildman–Crippen LogP) is 5.07. The molecule has 3 aromatic rings. The number of fused-ring (bicyclic) bond motifs is 3. The van der Waals surface area contributed by atoms with Crippen LogP contribution in [0.15, 0.2) is 78.9 Å². The van der Waals surface area contributed by atoms with E-state index in [1.165, 1.54) is 22.9 Å². The molecule has 7 nitrogen and oxygen atoms in total. The number of nitrogens with zero attached hydrogens (tertiary/aromatic N) is 2. The fourth-order valence-electron chi connectivity index (χ4n) is 6.00. The summed E-state index contributed by atoms with van der Waals surface area (Å²) in [6, 6.07) is 24.4. The molecule has 0 radical (unpaired) electrons. The molecule has 2 amide bonds. The van der Waals surface area contributed by atoms with Crippen molar-refractivity contribution in [3.05, 3.63) is 95.6 Å². The normalized spacial score (nSPS) is 19.7. The third-order valence-corrected chi connectivity index (χ3v) is 9.55. The third-order valence-electron chi connectivity index (χ3n) is 7.92. The van der Waals surface area contributed by atoms with Crippen molar-refractivity contribution >= 4 is 29.7 Å². The number of piperidine rings is 1. The monoisotopic (exact) mass is 528 g/mol. The van der Waals surface area contributed by atoms with Crippen molar-refractivity contribution in [1.29, 1.82) is 0 Å². The van der Waals surface area contributed by atoms with Crippen LogP contribution in [0.1, 0.15) is 40.2 Å². The molecule has 38 heavy (non-hydrogen) atoms. The molecule has 0 unspecified atom stereocenters. The van der Waals surface area contributed by atoms with Gasteiger partial charge >= 0.3 is 12.1 Å². The van der Waals surface area contributed by atoms with Gasteiger partial charge in [-0.2, -0.15) is 0 Å². The number of aliphatic carboxylic acids is 1. The van der Waals surface area contributed by atoms with E-state index >= 15 is 0 Å². The zero-order chi connectivity index (χ0) is 26.3. The Balaban J connectivity index is 1.14. The van der Waals surface area contributed by atoms with Gasteiger partial charge < -0.3 is 19.6 Å². The first-order chi connectivity index (χ1) is 18.5. The highest BCUT2D eigenvalue weighted by Gasteiger charge is 2.53. The second-order valence-electron chi connectivity index (χ2n) is 9.94. The molecule has 0 saturated carbocycles. The molecule has 2 heterocycles. The van der Waals surface area contributed by atoms with Crippen molar-refractivity contribution in [3.63, 3.8) is 0 Å². The number of carboxylic acid groups (broad SMARTS) is 1. The van der Waals surface area contributed by atoms with Crippen molar-refractivity contribution in [3.8, 4) is 11.1 Å². The Hall–Kier alpha value is -3.78. The molecule has 2 saturated heterocycles. The molecular formula is C30H28N2O5S. The van der Waals surface area contributed by atoms with Crippen molar-refractivity contribution in [1.82, 2.24) is 9.80 Å². The fraction of sp³-hybridized carbons (Fsp3) is 0.300. The molecule has 1 N–H and O–H groups in total. The van der Waals surface area contributed by atoms with Crippen molar-refractivity contribution < 1.29 is 24.2 Å². The lowest BCUT2D eigenvalue weighted by atomic mass is 9.98. The lowest BCUT2D eigenvalue weighted by Crippen LogP contribution is -2.57. The van der Waals surface area contributed by atoms with Crippen molar-refractivity contribution in [2.45, 2.75) is 29.7 Å². The van der Waals surface area contributed by atoms with Gasteiger partial charge in [0.05, 0.1) is 4.87 Å². The molecule has 0 aromatic heterocycles. The molecule has 3 aromatic carbocycles. The average Bonchev–Trinajstić information content (AvgIpc) is 3.48. The van der Waals surface area contributed by atoms with Crippen LogP contribution in [0, 0.1) is 0 Å². The number of carboxylic acids is 1. The topological polar surface area (TPSA) is 87.2 Å². The summed E-state index contributed by atoms with van der Waals surface area (Å²) in [5, 5.41) is 9.86. The maximum atomic E-state index is 13.4. The van der Waals surface area contributed by atoms with Crippen molar-refractivity contribution in [2.24, 2.45) is 0 Å². The summed E-state index contributed by atoms with van der Waals surface area (Å²) in [4.78, 5) is 41.2. The SMILES string of the molecule is O=C(O)[C@@H]1CSC2(CCN(C(=O)OCC3c4ccccc4-c4ccccc43)CC2)N1C(=O)c1ccccc1. The van der Waals surface area contributed by atoms with Crippen LogP contribution >= 0.6 is 11.8 Å². The number of likely N-dealkylation sites (tertiary alicyclic amines) is 1. The maximum absolute atomic E-state index is 13.4. The van der Waals surface area contributed by atoms with Gasteiger partial charge in [0.1, 0.15) is 12.6 Å². The summed E-state index contributed by atoms with van der Waals surface area (Å²) in [6.07, 6.45) is 0.606. The number of thioether (sulfide) groups is 1. The van der Waals surface area contributed by atoms with Gasteiger partial charge in [0.15, 0.2) is 0 Å². The first-order valence-electron chi connectivity index (χ1n) is 12.8. The summed E-state index contributed by atoms with van der Waals surface area (Å²) >= 11 is 1.51. The van der Waals surface area contributed by atoms with Gasteiger partial charge in [-0.3, -0.25) is 4.79 Å². The Morgan fingerprint density at radius 2 is 1.45 bits per heavy atom. The Morgan fingerprint density at radius 1 is 0.868 bits per heavy atom. The van der Waals surface area contributed by atoms with E-state index in [2.05, 4.69) is 24.3 Å². The predicted molar refractivity (Wildman–Crippen MR) is 145 cm³/mol. The molecule has 3 aliphatic rings. The van der Waals surface area contributed by atoms with Crippen LogP contribution in [0.5, 0.6) is 0 Å². The fourth-order valence-corrected chi connectivity index (χ4v) is 7.58. The van der Waals surface area contributed by atoms with Gasteiger partial charge in [-0.15, -0.1) is 11.8 Å². The van der Waals surface area contributed by atoms with Gasteiger partial charge in [0.2, 0.25) is 0 Å². The van der Waals surface area contributed by atoms with Gasteiger partial charge in [0.25, 0.3) is 5.91 Å². The van der Waals surface area contributed by atoms with Crippen LogP contribution in [0.3, 0.4) is 0 Å². The summed E-state index contributed by atoms with van der Waals surface area (Å²) in [5.41, 5.74) is 5.16. The lowest BCUT2D eigenvalue weighted by Gasteiger charge is -2.44. The first kappa shape index (κ1) is 24.6. The van der Waals surface area contributed by atoms with E-state index < -0.39 is 16.9 Å². The van der Waals surface area contributed by atoms with Gasteiger partial charge in [0, 0.05) is 30.3 Å². The van der Waals surface area contributed by atoms with E-state index in [-0.39, 0.29) is 24.5 Å². The van der Waals surface area contributed by atoms with E-state index in [4.69, 9.17) is 4.74 Å². The summed E-state index contributed by atoms with van der Waals surface area (Å²) < 4.78 is 5.84. The van der Waals surface area contributed by atoms with Crippen LogP contribution < -0.4 is 0 Å². The van der Waals surface area contributed by atoms with Crippen LogP contribution in [-0.4, -0.2) is 69.2 Å². The number of rotatable bonds is 4. The Bertz CT molecular complexity index is 1340. The number of carbonyl (C=O) groups excluding carboxylic acids is 2. The summed E-state index contributed by atoms with van der Waals surface area (Å²) in [7, 11) is 0. The zero-order valence-electron chi connectivity index (χ0n) is 20.8. The summed E-state index contributed by atoms with van der Waals surface area (Å²) in [5.74, 6) is -0.961. The number of hydrogen-bond donors (Lipinski definition) is 1. The minimum atomic E-state index is -1.00. The minimum Gasteiger partial charge on any atom is -0.480 e. The Labute approximate surface area is 225 Å². The molecule has 8 heteroatoms. The second kappa shape index (κ2) is 9.83. The van der Waals surface area contributed by atoms with Crippen LogP contribution in [-0.2, 0) is 9.53 Å². The van der Waals surface area contributed by atoms with Crippen LogP contribution in [0.4, 0.5) is 4.79 Å². The lowest BCUT2D eigenvalue weighted by molar-refractivity contribution is -0.142. The van der Waals surface area contributed by atoms with E-state index in [9.17, 15) is 19.5 Å². The van der Waals surface area contributed by atoms with Crippen LogP contribution in [0.2, 0.25) is 0 Å². The molecule has 1 aliphatic carbocycles. The largest absolute Gasteiger partial charge is 0.480 e. The average molecular weight is 529 g/mol. The molecule has 6 rings (SSSR count). The number of ether oxygens (including phenoxy) is 1. The van der Waals surface area contributed by atoms with Crippen LogP contribution in [0.25, 0.3) is 11.1 Å².